The van der Waals surface area contributed by atoms with Crippen molar-refractivity contribution in [3.63, 3.8) is 0 Å². The summed E-state index contributed by atoms with van der Waals surface area (Å²) in [5.41, 5.74) is 2.16. The average molecular weight is 343 g/mol. The highest BCUT2D eigenvalue weighted by atomic mass is 35.5. The van der Waals surface area contributed by atoms with E-state index in [1.807, 2.05) is 36.4 Å². The van der Waals surface area contributed by atoms with Crippen molar-refractivity contribution in [2.75, 3.05) is 7.11 Å². The Morgan fingerprint density at radius 2 is 2.00 bits per heavy atom. The first-order chi connectivity index (χ1) is 11.6. The van der Waals surface area contributed by atoms with Crippen molar-refractivity contribution in [3.05, 3.63) is 70.9 Å². The van der Waals surface area contributed by atoms with E-state index in [1.165, 1.54) is 7.11 Å². The number of pyridine rings is 1. The summed E-state index contributed by atoms with van der Waals surface area (Å²) in [7, 11) is 1.54. The molecule has 1 heterocycles. The fraction of sp³-hybridized carbons (Fsp3) is 0.111. The monoisotopic (exact) mass is 342 g/mol. The SMILES string of the molecule is COc1cc2nccc(Cl)c2cc1C(NC(=O)O)c1ccccc1. The summed E-state index contributed by atoms with van der Waals surface area (Å²) >= 11 is 6.26. The summed E-state index contributed by atoms with van der Waals surface area (Å²) in [5, 5.41) is 13.1. The molecule has 0 saturated carbocycles. The van der Waals surface area contributed by atoms with Crippen LogP contribution in [0.3, 0.4) is 0 Å². The van der Waals surface area contributed by atoms with Gasteiger partial charge in [-0.2, -0.15) is 0 Å². The Kier molecular flexibility index (Phi) is 4.53. The van der Waals surface area contributed by atoms with E-state index in [2.05, 4.69) is 10.3 Å². The number of hydrogen-bond donors (Lipinski definition) is 2. The second kappa shape index (κ2) is 6.76. The summed E-state index contributed by atoms with van der Waals surface area (Å²) in [6.07, 6.45) is 0.497. The average Bonchev–Trinajstić information content (AvgIpc) is 2.60. The number of nitrogens with zero attached hydrogens (tertiary/aromatic N) is 1. The highest BCUT2D eigenvalue weighted by Crippen LogP contribution is 2.35. The van der Waals surface area contributed by atoms with Crippen molar-refractivity contribution in [1.82, 2.24) is 10.3 Å². The Hall–Kier alpha value is -2.79. The number of halogens is 1. The van der Waals surface area contributed by atoms with Gasteiger partial charge in [0.05, 0.1) is 23.7 Å². The highest BCUT2D eigenvalue weighted by molar-refractivity contribution is 6.35. The Balaban J connectivity index is 2.22. The van der Waals surface area contributed by atoms with Gasteiger partial charge < -0.3 is 15.2 Å². The first-order valence-corrected chi connectivity index (χ1v) is 7.64. The van der Waals surface area contributed by atoms with Crippen LogP contribution in [0.5, 0.6) is 5.75 Å². The summed E-state index contributed by atoms with van der Waals surface area (Å²) in [5.74, 6) is 0.542. The molecule has 0 radical (unpaired) electrons. The minimum atomic E-state index is -1.12. The van der Waals surface area contributed by atoms with E-state index in [-0.39, 0.29) is 0 Å². The van der Waals surface area contributed by atoms with Crippen LogP contribution in [0.25, 0.3) is 10.9 Å². The minimum absolute atomic E-state index is 0.542. The number of methoxy groups -OCH3 is 1. The van der Waals surface area contributed by atoms with Gasteiger partial charge in [-0.15, -0.1) is 0 Å². The molecule has 0 spiro atoms. The largest absolute Gasteiger partial charge is 0.496 e. The summed E-state index contributed by atoms with van der Waals surface area (Å²) in [6, 6.07) is 14.0. The van der Waals surface area contributed by atoms with Gasteiger partial charge >= 0.3 is 6.09 Å². The molecule has 122 valence electrons. The van der Waals surface area contributed by atoms with Gasteiger partial charge in [0.2, 0.25) is 0 Å². The van der Waals surface area contributed by atoms with Gasteiger partial charge in [-0.25, -0.2) is 4.79 Å². The Bertz CT molecular complexity index is 884. The van der Waals surface area contributed by atoms with Gasteiger partial charge in [-0.1, -0.05) is 41.9 Å². The molecule has 0 saturated heterocycles. The van der Waals surface area contributed by atoms with E-state index >= 15 is 0 Å². The number of benzene rings is 2. The summed E-state index contributed by atoms with van der Waals surface area (Å²) in [4.78, 5) is 15.6. The maximum Gasteiger partial charge on any atom is 0.405 e. The quantitative estimate of drug-likeness (QED) is 0.743. The standard InChI is InChI=1S/C18H15ClN2O3/c1-24-16-10-15-12(14(19)7-8-20-15)9-13(16)17(21-18(22)23)11-5-3-2-4-6-11/h2-10,17,21H,1H3,(H,22,23). The molecule has 2 N–H and O–H groups in total. The summed E-state index contributed by atoms with van der Waals surface area (Å²) < 4.78 is 5.46. The highest BCUT2D eigenvalue weighted by Gasteiger charge is 2.21. The van der Waals surface area contributed by atoms with Gasteiger partial charge in [-0.3, -0.25) is 4.98 Å². The van der Waals surface area contributed by atoms with E-state index in [0.29, 0.717) is 21.9 Å². The molecule has 0 aliphatic rings. The number of nitrogens with one attached hydrogen (secondary N) is 1. The number of carbonyl (C=O) groups is 1. The third kappa shape index (κ3) is 3.12. The molecule has 1 unspecified atom stereocenters. The fourth-order valence-electron chi connectivity index (χ4n) is 2.67. The van der Waals surface area contributed by atoms with Crippen LogP contribution in [0, 0.1) is 0 Å². The second-order valence-electron chi connectivity index (χ2n) is 5.20. The number of hydrogen-bond acceptors (Lipinski definition) is 3. The van der Waals surface area contributed by atoms with Crippen LogP contribution in [0.15, 0.2) is 54.7 Å². The molecule has 2 aromatic carbocycles. The summed E-state index contributed by atoms with van der Waals surface area (Å²) in [6.45, 7) is 0. The number of ether oxygens (including phenoxy) is 1. The van der Waals surface area contributed by atoms with E-state index in [0.717, 1.165) is 10.9 Å². The van der Waals surface area contributed by atoms with Crippen molar-refractivity contribution in [1.29, 1.82) is 0 Å². The zero-order chi connectivity index (χ0) is 17.1. The maximum absolute atomic E-state index is 11.3. The van der Waals surface area contributed by atoms with Gasteiger partial charge in [0.1, 0.15) is 5.75 Å². The molecule has 24 heavy (non-hydrogen) atoms. The topological polar surface area (TPSA) is 71.5 Å². The Morgan fingerprint density at radius 1 is 1.25 bits per heavy atom. The van der Waals surface area contributed by atoms with E-state index in [1.54, 1.807) is 18.3 Å². The van der Waals surface area contributed by atoms with Crippen molar-refractivity contribution < 1.29 is 14.6 Å². The lowest BCUT2D eigenvalue weighted by Crippen LogP contribution is -2.28. The number of fused-ring (bicyclic) bond motifs is 1. The number of carboxylic acid groups (broad SMARTS) is 1. The van der Waals surface area contributed by atoms with Crippen molar-refractivity contribution >= 4 is 28.6 Å². The van der Waals surface area contributed by atoms with Gasteiger partial charge in [0.25, 0.3) is 0 Å². The molecule has 5 nitrogen and oxygen atoms in total. The van der Waals surface area contributed by atoms with Crippen LogP contribution in [-0.2, 0) is 0 Å². The first kappa shape index (κ1) is 16.1. The van der Waals surface area contributed by atoms with E-state index in [4.69, 9.17) is 16.3 Å². The predicted molar refractivity (Wildman–Crippen MR) is 92.8 cm³/mol. The van der Waals surface area contributed by atoms with Crippen LogP contribution < -0.4 is 10.1 Å². The number of rotatable bonds is 4. The zero-order valence-electron chi connectivity index (χ0n) is 12.9. The lowest BCUT2D eigenvalue weighted by molar-refractivity contribution is 0.191. The lowest BCUT2D eigenvalue weighted by Gasteiger charge is -2.21. The molecule has 1 aromatic heterocycles. The van der Waals surface area contributed by atoms with Gasteiger partial charge in [-0.05, 0) is 17.7 Å². The molecule has 0 fully saturated rings. The molecule has 0 aliphatic carbocycles. The molecule has 1 atom stereocenters. The fourth-order valence-corrected chi connectivity index (χ4v) is 2.88. The first-order valence-electron chi connectivity index (χ1n) is 7.26. The van der Waals surface area contributed by atoms with Crippen LogP contribution in [0.4, 0.5) is 4.79 Å². The molecule has 1 amide bonds. The third-order valence-corrected chi connectivity index (χ3v) is 4.08. The van der Waals surface area contributed by atoms with Crippen molar-refractivity contribution in [2.45, 2.75) is 6.04 Å². The van der Waals surface area contributed by atoms with Crippen LogP contribution >= 0.6 is 11.6 Å². The number of amides is 1. The molecular weight excluding hydrogens is 328 g/mol. The minimum Gasteiger partial charge on any atom is -0.496 e. The lowest BCUT2D eigenvalue weighted by atomic mass is 9.96. The van der Waals surface area contributed by atoms with Gasteiger partial charge in [0, 0.05) is 23.2 Å². The van der Waals surface area contributed by atoms with E-state index in [9.17, 15) is 9.90 Å². The maximum atomic E-state index is 11.3. The third-order valence-electron chi connectivity index (χ3n) is 3.75. The molecule has 0 bridgehead atoms. The normalized spacial score (nSPS) is 11.9. The van der Waals surface area contributed by atoms with Gasteiger partial charge in [0.15, 0.2) is 0 Å². The molecule has 0 aliphatic heterocycles. The predicted octanol–water partition coefficient (Wildman–Crippen LogP) is 4.25. The molecule has 3 aromatic rings. The smallest absolute Gasteiger partial charge is 0.405 e. The Morgan fingerprint density at radius 3 is 2.67 bits per heavy atom. The van der Waals surface area contributed by atoms with Crippen LogP contribution in [0.1, 0.15) is 17.2 Å². The van der Waals surface area contributed by atoms with Crippen molar-refractivity contribution in [3.8, 4) is 5.75 Å². The second-order valence-corrected chi connectivity index (χ2v) is 5.60. The molecule has 6 heteroatoms. The molecular formula is C18H15ClN2O3. The van der Waals surface area contributed by atoms with Crippen LogP contribution in [-0.4, -0.2) is 23.3 Å². The van der Waals surface area contributed by atoms with E-state index < -0.39 is 12.1 Å². The van der Waals surface area contributed by atoms with Crippen LogP contribution in [0.2, 0.25) is 5.02 Å². The zero-order valence-corrected chi connectivity index (χ0v) is 13.6. The Labute approximate surface area is 143 Å². The van der Waals surface area contributed by atoms with Crippen molar-refractivity contribution in [2.24, 2.45) is 0 Å². The molecule has 3 rings (SSSR count). The number of aromatic nitrogens is 1.